The van der Waals surface area contributed by atoms with E-state index in [0.29, 0.717) is 25.6 Å². The summed E-state index contributed by atoms with van der Waals surface area (Å²) in [5.74, 6) is 0. The number of aromatic nitrogens is 2. The summed E-state index contributed by atoms with van der Waals surface area (Å²) in [5.41, 5.74) is 2.16. The molecule has 23 heavy (non-hydrogen) atoms. The van der Waals surface area contributed by atoms with E-state index in [-0.39, 0.29) is 5.69 Å². The fraction of sp³-hybridized carbons (Fsp3) is 0.0667. The van der Waals surface area contributed by atoms with Gasteiger partial charge in [0.25, 0.3) is 5.24 Å². The van der Waals surface area contributed by atoms with Gasteiger partial charge in [0.15, 0.2) is 0 Å². The molecular formula is C15H8Cl4N2OS. The van der Waals surface area contributed by atoms with Crippen molar-refractivity contribution in [2.75, 3.05) is 0 Å². The van der Waals surface area contributed by atoms with E-state index in [2.05, 4.69) is 5.10 Å². The van der Waals surface area contributed by atoms with Crippen LogP contribution in [0, 0.1) is 6.92 Å². The summed E-state index contributed by atoms with van der Waals surface area (Å²) < 4.78 is 2.22. The van der Waals surface area contributed by atoms with Gasteiger partial charge in [0, 0.05) is 10.6 Å². The maximum atomic E-state index is 11.7. The molecule has 118 valence electrons. The fourth-order valence-electron chi connectivity index (χ4n) is 2.24. The number of nitrogens with zero attached hydrogens (tertiary/aromatic N) is 2. The minimum Gasteiger partial charge on any atom is -0.274 e. The van der Waals surface area contributed by atoms with Gasteiger partial charge in [-0.25, -0.2) is 4.68 Å². The van der Waals surface area contributed by atoms with Crippen LogP contribution in [0.5, 0.6) is 0 Å². The first-order valence-corrected chi connectivity index (χ1v) is 8.72. The van der Waals surface area contributed by atoms with Crippen molar-refractivity contribution in [3.05, 3.63) is 56.0 Å². The van der Waals surface area contributed by atoms with Gasteiger partial charge in [-0.3, -0.25) is 4.79 Å². The topological polar surface area (TPSA) is 34.9 Å². The number of carbonyl (C=O) groups excluding carboxylic acids is 1. The Morgan fingerprint density at radius 2 is 1.91 bits per heavy atom. The lowest BCUT2D eigenvalue weighted by Gasteiger charge is -2.09. The summed E-state index contributed by atoms with van der Waals surface area (Å²) >= 11 is 25.3. The Balaban J connectivity index is 2.31. The molecule has 0 saturated carbocycles. The number of hydrogen-bond acceptors (Lipinski definition) is 3. The van der Waals surface area contributed by atoms with Crippen LogP contribution < -0.4 is 0 Å². The predicted molar refractivity (Wildman–Crippen MR) is 96.8 cm³/mol. The van der Waals surface area contributed by atoms with Gasteiger partial charge in [-0.1, -0.05) is 34.8 Å². The number of thiophene rings is 1. The standard InChI is InChI=1S/C15H8Cl4N2OS/c1-7-13(15(19)22)20-21(10-3-2-8(16)6-9(10)17)14(7)11-4-5-12(18)23-11/h2-6H,1H3. The lowest BCUT2D eigenvalue weighted by molar-refractivity contribution is 0.107. The van der Waals surface area contributed by atoms with Crippen LogP contribution in [0.25, 0.3) is 16.3 Å². The Bertz CT molecular complexity index is 916. The zero-order chi connectivity index (χ0) is 16.7. The molecule has 0 atom stereocenters. The molecule has 0 unspecified atom stereocenters. The highest BCUT2D eigenvalue weighted by molar-refractivity contribution is 7.19. The van der Waals surface area contributed by atoms with E-state index in [0.717, 1.165) is 10.6 Å². The zero-order valence-corrected chi connectivity index (χ0v) is 15.4. The number of carbonyl (C=O) groups is 1. The van der Waals surface area contributed by atoms with Crippen molar-refractivity contribution in [3.8, 4) is 16.3 Å². The van der Waals surface area contributed by atoms with E-state index in [1.54, 1.807) is 35.9 Å². The van der Waals surface area contributed by atoms with Gasteiger partial charge in [0.05, 0.1) is 25.6 Å². The second-order valence-electron chi connectivity index (χ2n) is 4.71. The molecule has 0 aliphatic carbocycles. The average molecular weight is 406 g/mol. The van der Waals surface area contributed by atoms with E-state index in [1.807, 2.05) is 6.07 Å². The highest BCUT2D eigenvalue weighted by atomic mass is 35.5. The molecule has 0 aliphatic heterocycles. The monoisotopic (exact) mass is 404 g/mol. The molecule has 0 bridgehead atoms. The minimum atomic E-state index is -0.629. The van der Waals surface area contributed by atoms with Gasteiger partial charge in [0.2, 0.25) is 0 Å². The highest BCUT2D eigenvalue weighted by Crippen LogP contribution is 2.37. The third kappa shape index (κ3) is 3.14. The summed E-state index contributed by atoms with van der Waals surface area (Å²) in [7, 11) is 0. The molecule has 3 nitrogen and oxygen atoms in total. The van der Waals surface area contributed by atoms with Crippen molar-refractivity contribution in [1.82, 2.24) is 9.78 Å². The quantitative estimate of drug-likeness (QED) is 0.482. The van der Waals surface area contributed by atoms with Crippen LogP contribution in [0.4, 0.5) is 0 Å². The first-order chi connectivity index (χ1) is 10.9. The van der Waals surface area contributed by atoms with E-state index >= 15 is 0 Å². The van der Waals surface area contributed by atoms with E-state index < -0.39 is 5.24 Å². The first-order valence-electron chi connectivity index (χ1n) is 6.39. The SMILES string of the molecule is Cc1c(C(=O)Cl)nn(-c2ccc(Cl)cc2Cl)c1-c1ccc(Cl)s1. The summed E-state index contributed by atoms with van der Waals surface area (Å²) in [6.07, 6.45) is 0. The van der Waals surface area contributed by atoms with Gasteiger partial charge in [-0.05, 0) is 48.9 Å². The predicted octanol–water partition coefficient (Wildman–Crippen LogP) is 6.25. The smallest absolute Gasteiger partial charge is 0.273 e. The van der Waals surface area contributed by atoms with Gasteiger partial charge in [-0.15, -0.1) is 11.3 Å². The minimum absolute atomic E-state index is 0.178. The molecule has 0 fully saturated rings. The molecule has 0 saturated heterocycles. The molecule has 0 N–H and O–H groups in total. The van der Waals surface area contributed by atoms with Crippen molar-refractivity contribution in [3.63, 3.8) is 0 Å². The maximum Gasteiger partial charge on any atom is 0.273 e. The average Bonchev–Trinajstić information content (AvgIpc) is 3.02. The van der Waals surface area contributed by atoms with E-state index in [4.69, 9.17) is 46.4 Å². The maximum absolute atomic E-state index is 11.7. The van der Waals surface area contributed by atoms with Gasteiger partial charge >= 0.3 is 0 Å². The molecule has 0 radical (unpaired) electrons. The summed E-state index contributed by atoms with van der Waals surface area (Å²) in [4.78, 5) is 12.5. The Kier molecular flexibility index (Phi) is 4.72. The first kappa shape index (κ1) is 16.8. The van der Waals surface area contributed by atoms with Crippen LogP contribution >= 0.6 is 57.7 Å². The Morgan fingerprint density at radius 1 is 1.17 bits per heavy atom. The van der Waals surface area contributed by atoms with E-state index in [1.165, 1.54) is 11.3 Å². The van der Waals surface area contributed by atoms with Crippen LogP contribution in [-0.4, -0.2) is 15.0 Å². The molecule has 1 aromatic carbocycles. The fourth-order valence-corrected chi connectivity index (χ4v) is 4.04. The van der Waals surface area contributed by atoms with Crippen LogP contribution in [0.15, 0.2) is 30.3 Å². The molecule has 0 spiro atoms. The van der Waals surface area contributed by atoms with Gasteiger partial charge in [-0.2, -0.15) is 5.10 Å². The van der Waals surface area contributed by atoms with Crippen LogP contribution in [0.2, 0.25) is 14.4 Å². The number of halogens is 4. The lowest BCUT2D eigenvalue weighted by atomic mass is 10.2. The molecule has 2 aromatic heterocycles. The molecule has 0 aliphatic rings. The number of rotatable bonds is 3. The molecule has 8 heteroatoms. The van der Waals surface area contributed by atoms with E-state index in [9.17, 15) is 4.79 Å². The Morgan fingerprint density at radius 3 is 2.48 bits per heavy atom. The molecule has 2 heterocycles. The van der Waals surface area contributed by atoms with Crippen LogP contribution in [0.3, 0.4) is 0 Å². The van der Waals surface area contributed by atoms with Gasteiger partial charge < -0.3 is 0 Å². The second kappa shape index (κ2) is 6.46. The number of benzene rings is 1. The Labute approximate surface area is 156 Å². The largest absolute Gasteiger partial charge is 0.274 e. The molecular weight excluding hydrogens is 398 g/mol. The third-order valence-electron chi connectivity index (χ3n) is 3.25. The van der Waals surface area contributed by atoms with Crippen molar-refractivity contribution in [2.45, 2.75) is 6.92 Å². The zero-order valence-electron chi connectivity index (χ0n) is 11.6. The summed E-state index contributed by atoms with van der Waals surface area (Å²) in [6, 6.07) is 8.69. The van der Waals surface area contributed by atoms with Crippen molar-refractivity contribution in [2.24, 2.45) is 0 Å². The Hall–Kier alpha value is -1.04. The molecule has 3 rings (SSSR count). The van der Waals surface area contributed by atoms with Gasteiger partial charge in [0.1, 0.15) is 5.69 Å². The number of hydrogen-bond donors (Lipinski definition) is 0. The van der Waals surface area contributed by atoms with Crippen LogP contribution in [-0.2, 0) is 0 Å². The van der Waals surface area contributed by atoms with Crippen molar-refractivity contribution in [1.29, 1.82) is 0 Å². The molecule has 3 aromatic rings. The second-order valence-corrected chi connectivity index (χ2v) is 7.61. The lowest BCUT2D eigenvalue weighted by Crippen LogP contribution is -2.01. The van der Waals surface area contributed by atoms with Crippen molar-refractivity contribution >= 4 is 63.0 Å². The third-order valence-corrected chi connectivity index (χ3v) is 5.21. The summed E-state index contributed by atoms with van der Waals surface area (Å²) in [5, 5.41) is 4.62. The van der Waals surface area contributed by atoms with Crippen molar-refractivity contribution < 1.29 is 4.79 Å². The van der Waals surface area contributed by atoms with Crippen LogP contribution in [0.1, 0.15) is 16.1 Å². The molecule has 0 amide bonds. The normalized spacial score (nSPS) is 11.0. The summed E-state index contributed by atoms with van der Waals surface area (Å²) in [6.45, 7) is 1.78. The highest BCUT2D eigenvalue weighted by Gasteiger charge is 2.23.